The first-order chi connectivity index (χ1) is 6.26. The summed E-state index contributed by atoms with van der Waals surface area (Å²) in [5, 5.41) is 4.76. The molecule has 0 rings (SSSR count). The van der Waals surface area contributed by atoms with E-state index in [1.54, 1.807) is 0 Å². The largest absolute Gasteiger partial charge is 0.348 e. The van der Waals surface area contributed by atoms with E-state index in [1.165, 1.54) is 0 Å². The molecule has 0 heterocycles. The number of hydrogen-bond donors (Lipinski definition) is 2. The lowest BCUT2D eigenvalue weighted by Gasteiger charge is -2.13. The second kappa shape index (κ2) is 7.27. The highest BCUT2D eigenvalue weighted by atomic mass is 16.2. The number of aldehydes is 1. The van der Waals surface area contributed by atoms with Gasteiger partial charge in [-0.25, -0.2) is 0 Å². The Labute approximate surface area is 76.9 Å². The smallest absolute Gasteiger partial charge is 0.242 e. The van der Waals surface area contributed by atoms with Gasteiger partial charge in [0.1, 0.15) is 12.3 Å². The summed E-state index contributed by atoms with van der Waals surface area (Å²) in [7, 11) is 0. The van der Waals surface area contributed by atoms with Crippen molar-refractivity contribution in [1.82, 2.24) is 10.6 Å². The second-order valence-electron chi connectivity index (χ2n) is 2.54. The summed E-state index contributed by atoms with van der Waals surface area (Å²) in [5.41, 5.74) is 0. The van der Waals surface area contributed by atoms with E-state index in [0.29, 0.717) is 19.1 Å². The van der Waals surface area contributed by atoms with Gasteiger partial charge < -0.3 is 15.4 Å². The van der Waals surface area contributed by atoms with E-state index in [9.17, 15) is 14.4 Å². The van der Waals surface area contributed by atoms with Crippen LogP contribution in [0.25, 0.3) is 0 Å². The zero-order chi connectivity index (χ0) is 10.1. The summed E-state index contributed by atoms with van der Waals surface area (Å²) >= 11 is 0. The van der Waals surface area contributed by atoms with Crippen LogP contribution in [0.1, 0.15) is 19.8 Å². The fraction of sp³-hybridized carbons (Fsp3) is 0.625. The highest BCUT2D eigenvalue weighted by molar-refractivity contribution is 5.84. The van der Waals surface area contributed by atoms with Gasteiger partial charge in [0.2, 0.25) is 12.3 Å². The number of amides is 2. The Balaban J connectivity index is 3.93. The van der Waals surface area contributed by atoms with Crippen molar-refractivity contribution in [3.05, 3.63) is 0 Å². The lowest BCUT2D eigenvalue weighted by molar-refractivity contribution is -0.126. The molecule has 0 spiro atoms. The Bertz CT molecular complexity index is 182. The molecule has 0 aromatic heterocycles. The molecular formula is C8H14N2O3. The van der Waals surface area contributed by atoms with E-state index in [1.807, 2.05) is 6.92 Å². The number of nitrogens with one attached hydrogen (secondary N) is 2. The van der Waals surface area contributed by atoms with Gasteiger partial charge in [-0.1, -0.05) is 13.3 Å². The van der Waals surface area contributed by atoms with Crippen molar-refractivity contribution in [3.8, 4) is 0 Å². The molecule has 0 bridgehead atoms. The van der Waals surface area contributed by atoms with Gasteiger partial charge in [-0.05, 0) is 6.42 Å². The lowest BCUT2D eigenvalue weighted by atomic mass is 10.1. The zero-order valence-electron chi connectivity index (χ0n) is 7.58. The summed E-state index contributed by atoms with van der Waals surface area (Å²) in [6.07, 6.45) is 2.45. The molecule has 0 aromatic rings. The van der Waals surface area contributed by atoms with Crippen LogP contribution in [0.4, 0.5) is 0 Å². The molecule has 0 fully saturated rings. The van der Waals surface area contributed by atoms with Gasteiger partial charge in [-0.2, -0.15) is 0 Å². The minimum absolute atomic E-state index is 0.0143. The van der Waals surface area contributed by atoms with Crippen molar-refractivity contribution >= 4 is 18.6 Å². The molecule has 0 aromatic carbocycles. The predicted molar refractivity (Wildman–Crippen MR) is 47.0 cm³/mol. The first-order valence-electron chi connectivity index (χ1n) is 4.17. The van der Waals surface area contributed by atoms with Gasteiger partial charge in [0.05, 0.1) is 6.54 Å². The molecule has 5 heteroatoms. The minimum atomic E-state index is -0.526. The molecule has 1 unspecified atom stereocenters. The van der Waals surface area contributed by atoms with Crippen molar-refractivity contribution in [2.45, 2.75) is 25.8 Å². The summed E-state index contributed by atoms with van der Waals surface area (Å²) in [6.45, 7) is 1.89. The summed E-state index contributed by atoms with van der Waals surface area (Å²) < 4.78 is 0. The first kappa shape index (κ1) is 11.6. The standard InChI is InChI=1S/C8H14N2O3/c1-2-3-7(10-6-12)8(13)9-4-5-11/h5-7H,2-4H2,1H3,(H,9,13)(H,10,12). The number of carbonyl (C=O) groups excluding carboxylic acids is 3. The van der Waals surface area contributed by atoms with E-state index in [-0.39, 0.29) is 12.5 Å². The van der Waals surface area contributed by atoms with Gasteiger partial charge in [0.15, 0.2) is 0 Å². The van der Waals surface area contributed by atoms with Crippen LogP contribution in [-0.2, 0) is 14.4 Å². The third kappa shape index (κ3) is 4.95. The molecule has 13 heavy (non-hydrogen) atoms. The van der Waals surface area contributed by atoms with Gasteiger partial charge in [-0.3, -0.25) is 9.59 Å². The predicted octanol–water partition coefficient (Wildman–Crippen LogP) is -0.784. The molecule has 0 aliphatic heterocycles. The molecule has 0 radical (unpaired) electrons. The molecule has 1 atom stereocenters. The second-order valence-corrected chi connectivity index (χ2v) is 2.54. The van der Waals surface area contributed by atoms with Crippen molar-refractivity contribution in [2.24, 2.45) is 0 Å². The Morgan fingerprint density at radius 1 is 1.46 bits per heavy atom. The van der Waals surface area contributed by atoms with Crippen LogP contribution in [-0.4, -0.2) is 31.2 Å². The summed E-state index contributed by atoms with van der Waals surface area (Å²) in [4.78, 5) is 31.2. The van der Waals surface area contributed by atoms with E-state index >= 15 is 0 Å². The average molecular weight is 186 g/mol. The molecule has 0 aliphatic carbocycles. The molecule has 0 saturated carbocycles. The number of carbonyl (C=O) groups is 3. The molecule has 5 nitrogen and oxygen atoms in total. The van der Waals surface area contributed by atoms with Crippen LogP contribution >= 0.6 is 0 Å². The summed E-state index contributed by atoms with van der Waals surface area (Å²) in [6, 6.07) is -0.526. The molecule has 0 saturated heterocycles. The fourth-order valence-corrected chi connectivity index (χ4v) is 0.926. The maximum Gasteiger partial charge on any atom is 0.242 e. The first-order valence-corrected chi connectivity index (χ1v) is 4.17. The Kier molecular flexibility index (Phi) is 6.49. The highest BCUT2D eigenvalue weighted by Gasteiger charge is 2.14. The van der Waals surface area contributed by atoms with Crippen LogP contribution < -0.4 is 10.6 Å². The maximum absolute atomic E-state index is 11.2. The Hall–Kier alpha value is -1.39. The van der Waals surface area contributed by atoms with E-state index < -0.39 is 6.04 Å². The minimum Gasteiger partial charge on any atom is -0.348 e. The maximum atomic E-state index is 11.2. The average Bonchev–Trinajstić information content (AvgIpc) is 2.14. The third-order valence-electron chi connectivity index (χ3n) is 1.52. The van der Waals surface area contributed by atoms with Crippen molar-refractivity contribution in [1.29, 1.82) is 0 Å². The fourth-order valence-electron chi connectivity index (χ4n) is 0.926. The quantitative estimate of drug-likeness (QED) is 0.512. The van der Waals surface area contributed by atoms with E-state index in [4.69, 9.17) is 0 Å². The van der Waals surface area contributed by atoms with E-state index in [0.717, 1.165) is 6.42 Å². The SMILES string of the molecule is CCCC(NC=O)C(=O)NCC=O. The van der Waals surface area contributed by atoms with Gasteiger partial charge in [0, 0.05) is 0 Å². The van der Waals surface area contributed by atoms with E-state index in [2.05, 4.69) is 10.6 Å². The monoisotopic (exact) mass is 186 g/mol. The number of hydrogen-bond acceptors (Lipinski definition) is 3. The number of rotatable bonds is 7. The molecule has 74 valence electrons. The van der Waals surface area contributed by atoms with Gasteiger partial charge in [0.25, 0.3) is 0 Å². The highest BCUT2D eigenvalue weighted by Crippen LogP contribution is 1.95. The van der Waals surface area contributed by atoms with Crippen molar-refractivity contribution in [3.63, 3.8) is 0 Å². The summed E-state index contributed by atoms with van der Waals surface area (Å²) in [5.74, 6) is -0.318. The lowest BCUT2D eigenvalue weighted by Crippen LogP contribution is -2.44. The third-order valence-corrected chi connectivity index (χ3v) is 1.52. The molecule has 0 aliphatic rings. The topological polar surface area (TPSA) is 75.3 Å². The van der Waals surface area contributed by atoms with Crippen molar-refractivity contribution in [2.75, 3.05) is 6.54 Å². The van der Waals surface area contributed by atoms with Crippen LogP contribution in [0.15, 0.2) is 0 Å². The zero-order valence-corrected chi connectivity index (χ0v) is 7.58. The van der Waals surface area contributed by atoms with Gasteiger partial charge >= 0.3 is 0 Å². The Morgan fingerprint density at radius 3 is 2.62 bits per heavy atom. The van der Waals surface area contributed by atoms with Crippen LogP contribution in [0.2, 0.25) is 0 Å². The van der Waals surface area contributed by atoms with Crippen LogP contribution in [0.5, 0.6) is 0 Å². The normalized spacial score (nSPS) is 11.5. The molecular weight excluding hydrogens is 172 g/mol. The van der Waals surface area contributed by atoms with Gasteiger partial charge in [-0.15, -0.1) is 0 Å². The molecule has 2 N–H and O–H groups in total. The van der Waals surface area contributed by atoms with Crippen LogP contribution in [0, 0.1) is 0 Å². The Morgan fingerprint density at radius 2 is 2.15 bits per heavy atom. The molecule has 2 amide bonds. The van der Waals surface area contributed by atoms with Crippen molar-refractivity contribution < 1.29 is 14.4 Å². The van der Waals surface area contributed by atoms with Crippen LogP contribution in [0.3, 0.4) is 0 Å².